The van der Waals surface area contributed by atoms with Gasteiger partial charge in [-0.15, -0.1) is 0 Å². The summed E-state index contributed by atoms with van der Waals surface area (Å²) in [5, 5.41) is 0. The number of hydrogen-bond donors (Lipinski definition) is 2. The molecule has 3 rings (SSSR count). The fourth-order valence-electron chi connectivity index (χ4n) is 2.61. The minimum absolute atomic E-state index is 0.135. The molecule has 9 nitrogen and oxygen atoms in total. The van der Waals surface area contributed by atoms with E-state index in [4.69, 9.17) is 0 Å². The average Bonchev–Trinajstić information content (AvgIpc) is 3.08. The molecule has 2 aromatic heterocycles. The first kappa shape index (κ1) is 18.1. The molecular formula is C16H19N5O4S. The molecule has 0 unspecified atom stereocenters. The molecule has 0 aliphatic rings. The van der Waals surface area contributed by atoms with Crippen molar-refractivity contribution in [3.05, 3.63) is 56.5 Å². The number of aromatic nitrogens is 4. The molecule has 0 saturated carbocycles. The molecule has 138 valence electrons. The standard InChI is InChI=1S/C16H19N5O4S/c1-4-10-5-7-11(8-6-10)26(24,25)17-9-12-18-13-14(19-12)20(2)16(23)21(3)15(13)22/h5-8,17H,4,9H2,1-3H3,(H,18,19). The van der Waals surface area contributed by atoms with Gasteiger partial charge in [0.15, 0.2) is 5.65 Å². The Morgan fingerprint density at radius 1 is 1.12 bits per heavy atom. The molecule has 2 heterocycles. The van der Waals surface area contributed by atoms with Crippen molar-refractivity contribution in [2.45, 2.75) is 24.8 Å². The minimum Gasteiger partial charge on any atom is -0.335 e. The van der Waals surface area contributed by atoms with Crippen LogP contribution in [-0.4, -0.2) is 27.5 Å². The van der Waals surface area contributed by atoms with E-state index < -0.39 is 21.3 Å². The Bertz CT molecular complexity index is 1190. The van der Waals surface area contributed by atoms with E-state index in [2.05, 4.69) is 14.7 Å². The average molecular weight is 377 g/mol. The number of aryl methyl sites for hydroxylation is 2. The lowest BCUT2D eigenvalue weighted by molar-refractivity contribution is 0.579. The molecule has 3 aromatic rings. The number of hydrogen-bond acceptors (Lipinski definition) is 5. The molecule has 0 atom stereocenters. The number of rotatable bonds is 5. The molecule has 0 fully saturated rings. The van der Waals surface area contributed by atoms with Gasteiger partial charge < -0.3 is 4.98 Å². The molecule has 0 spiro atoms. The maximum Gasteiger partial charge on any atom is 0.332 e. The zero-order valence-electron chi connectivity index (χ0n) is 14.6. The summed E-state index contributed by atoms with van der Waals surface area (Å²) in [5.41, 5.74) is 0.352. The second kappa shape index (κ2) is 6.54. The third kappa shape index (κ3) is 3.08. The summed E-state index contributed by atoms with van der Waals surface area (Å²) in [7, 11) is -0.857. The van der Waals surface area contributed by atoms with Crippen molar-refractivity contribution in [2.75, 3.05) is 0 Å². The smallest absolute Gasteiger partial charge is 0.332 e. The Kier molecular flexibility index (Phi) is 4.55. The van der Waals surface area contributed by atoms with Gasteiger partial charge >= 0.3 is 5.69 Å². The Morgan fingerprint density at radius 3 is 2.38 bits per heavy atom. The highest BCUT2D eigenvalue weighted by atomic mass is 32.2. The zero-order chi connectivity index (χ0) is 19.1. The number of imidazole rings is 1. The maximum absolute atomic E-state index is 12.4. The fourth-order valence-corrected chi connectivity index (χ4v) is 3.60. The van der Waals surface area contributed by atoms with Gasteiger partial charge in [-0.25, -0.2) is 22.9 Å². The normalized spacial score (nSPS) is 12.0. The topological polar surface area (TPSA) is 119 Å². The van der Waals surface area contributed by atoms with E-state index in [1.807, 2.05) is 6.92 Å². The Balaban J connectivity index is 1.89. The number of aromatic amines is 1. The Labute approximate surface area is 149 Å². The van der Waals surface area contributed by atoms with Crippen LogP contribution in [0.5, 0.6) is 0 Å². The van der Waals surface area contributed by atoms with E-state index in [-0.39, 0.29) is 28.4 Å². The summed E-state index contributed by atoms with van der Waals surface area (Å²) in [5.74, 6) is 0.243. The summed E-state index contributed by atoms with van der Waals surface area (Å²) >= 11 is 0. The van der Waals surface area contributed by atoms with Crippen LogP contribution in [0.1, 0.15) is 18.3 Å². The molecule has 0 aliphatic heterocycles. The molecule has 2 N–H and O–H groups in total. The van der Waals surface area contributed by atoms with Crippen LogP contribution in [0.4, 0.5) is 0 Å². The van der Waals surface area contributed by atoms with Gasteiger partial charge in [0.05, 0.1) is 11.4 Å². The Morgan fingerprint density at radius 2 is 1.77 bits per heavy atom. The maximum atomic E-state index is 12.4. The lowest BCUT2D eigenvalue weighted by atomic mass is 10.2. The van der Waals surface area contributed by atoms with Crippen LogP contribution in [0.2, 0.25) is 0 Å². The lowest BCUT2D eigenvalue weighted by Crippen LogP contribution is -2.36. The quantitative estimate of drug-likeness (QED) is 0.649. The molecule has 1 aromatic carbocycles. The molecular weight excluding hydrogens is 358 g/mol. The molecule has 0 aliphatic carbocycles. The van der Waals surface area contributed by atoms with Crippen LogP contribution >= 0.6 is 0 Å². The molecule has 0 saturated heterocycles. The van der Waals surface area contributed by atoms with Gasteiger partial charge in [0, 0.05) is 14.1 Å². The number of fused-ring (bicyclic) bond motifs is 1. The van der Waals surface area contributed by atoms with Gasteiger partial charge in [-0.05, 0) is 24.1 Å². The third-order valence-corrected chi connectivity index (χ3v) is 5.63. The molecule has 10 heteroatoms. The van der Waals surface area contributed by atoms with Crippen LogP contribution in [0.15, 0.2) is 38.8 Å². The summed E-state index contributed by atoms with van der Waals surface area (Å²) in [6.07, 6.45) is 0.820. The van der Waals surface area contributed by atoms with Crippen molar-refractivity contribution < 1.29 is 8.42 Å². The number of H-pyrrole nitrogens is 1. The van der Waals surface area contributed by atoms with Gasteiger partial charge in [-0.3, -0.25) is 13.9 Å². The number of nitrogens with one attached hydrogen (secondary N) is 2. The van der Waals surface area contributed by atoms with E-state index in [1.54, 1.807) is 24.3 Å². The second-order valence-electron chi connectivity index (χ2n) is 5.91. The highest BCUT2D eigenvalue weighted by Gasteiger charge is 2.17. The summed E-state index contributed by atoms with van der Waals surface area (Å²) in [6, 6.07) is 6.60. The first-order valence-electron chi connectivity index (χ1n) is 7.98. The highest BCUT2D eigenvalue weighted by Crippen LogP contribution is 2.12. The van der Waals surface area contributed by atoms with Gasteiger partial charge in [-0.2, -0.15) is 0 Å². The first-order chi connectivity index (χ1) is 12.2. The summed E-state index contributed by atoms with van der Waals surface area (Å²) < 4.78 is 29.4. The number of nitrogens with zero attached hydrogens (tertiary/aromatic N) is 3. The van der Waals surface area contributed by atoms with E-state index in [0.717, 1.165) is 16.6 Å². The summed E-state index contributed by atoms with van der Waals surface area (Å²) in [4.78, 5) is 31.2. The zero-order valence-corrected chi connectivity index (χ0v) is 15.4. The van der Waals surface area contributed by atoms with Crippen LogP contribution in [0, 0.1) is 0 Å². The van der Waals surface area contributed by atoms with Gasteiger partial charge in [-0.1, -0.05) is 19.1 Å². The number of benzene rings is 1. The van der Waals surface area contributed by atoms with Crippen LogP contribution in [0.25, 0.3) is 11.2 Å². The van der Waals surface area contributed by atoms with Gasteiger partial charge in [0.25, 0.3) is 5.56 Å². The van der Waals surface area contributed by atoms with Gasteiger partial charge in [0.2, 0.25) is 10.0 Å². The van der Waals surface area contributed by atoms with E-state index in [0.29, 0.717) is 0 Å². The van der Waals surface area contributed by atoms with Crippen molar-refractivity contribution >= 4 is 21.2 Å². The SMILES string of the molecule is CCc1ccc(S(=O)(=O)NCc2nc3c([nH]2)c(=O)n(C)c(=O)n3C)cc1. The number of sulfonamides is 1. The van der Waals surface area contributed by atoms with Crippen molar-refractivity contribution in [1.29, 1.82) is 0 Å². The van der Waals surface area contributed by atoms with E-state index in [9.17, 15) is 18.0 Å². The molecule has 0 bridgehead atoms. The van der Waals surface area contributed by atoms with Crippen molar-refractivity contribution in [3.63, 3.8) is 0 Å². The fraction of sp³-hybridized carbons (Fsp3) is 0.312. The van der Waals surface area contributed by atoms with Crippen molar-refractivity contribution in [3.8, 4) is 0 Å². The first-order valence-corrected chi connectivity index (χ1v) is 9.46. The molecule has 26 heavy (non-hydrogen) atoms. The summed E-state index contributed by atoms with van der Waals surface area (Å²) in [6.45, 7) is 1.85. The predicted molar refractivity (Wildman–Crippen MR) is 96.4 cm³/mol. The molecule has 0 amide bonds. The van der Waals surface area contributed by atoms with E-state index in [1.165, 1.54) is 18.7 Å². The van der Waals surface area contributed by atoms with Crippen molar-refractivity contribution in [2.24, 2.45) is 14.1 Å². The lowest BCUT2D eigenvalue weighted by Gasteiger charge is -2.06. The highest BCUT2D eigenvalue weighted by molar-refractivity contribution is 7.89. The Hall–Kier alpha value is -2.72. The third-order valence-electron chi connectivity index (χ3n) is 4.22. The monoisotopic (exact) mass is 377 g/mol. The van der Waals surface area contributed by atoms with Crippen LogP contribution in [-0.2, 0) is 37.1 Å². The van der Waals surface area contributed by atoms with E-state index >= 15 is 0 Å². The van der Waals surface area contributed by atoms with Crippen molar-refractivity contribution in [1.82, 2.24) is 23.8 Å². The van der Waals surface area contributed by atoms with Crippen LogP contribution < -0.4 is 16.0 Å². The predicted octanol–water partition coefficient (Wildman–Crippen LogP) is 0.00120. The van der Waals surface area contributed by atoms with Crippen LogP contribution in [0.3, 0.4) is 0 Å². The molecule has 0 radical (unpaired) electrons. The second-order valence-corrected chi connectivity index (χ2v) is 7.68. The minimum atomic E-state index is -3.72. The largest absolute Gasteiger partial charge is 0.335 e. The van der Waals surface area contributed by atoms with Gasteiger partial charge in [0.1, 0.15) is 11.3 Å².